The molecule has 0 amide bonds. The smallest absolute Gasteiger partial charge is 0.0213 e. The van der Waals surface area contributed by atoms with Gasteiger partial charge < -0.3 is 4.90 Å². The Morgan fingerprint density at radius 1 is 1.20 bits per heavy atom. The highest BCUT2D eigenvalue weighted by Crippen LogP contribution is 2.54. The van der Waals surface area contributed by atoms with Gasteiger partial charge in [-0.15, -0.1) is 0 Å². The molecule has 0 atom stereocenters. The highest BCUT2D eigenvalue weighted by molar-refractivity contribution is 5.10. The third kappa shape index (κ3) is 0.800. The van der Waals surface area contributed by atoms with Crippen molar-refractivity contribution in [1.29, 1.82) is 0 Å². The fraction of sp³-hybridized carbons (Fsp3) is 1.00. The molecule has 0 aromatic carbocycles. The summed E-state index contributed by atoms with van der Waals surface area (Å²) in [6, 6.07) is 0. The molecule has 0 N–H and O–H groups in total. The molecule has 2 fully saturated rings. The van der Waals surface area contributed by atoms with Crippen molar-refractivity contribution in [2.24, 2.45) is 5.41 Å². The number of nitrogens with zero attached hydrogens (tertiary/aromatic N) is 1. The lowest BCUT2D eigenvalue weighted by Gasteiger charge is -2.16. The summed E-state index contributed by atoms with van der Waals surface area (Å²) >= 11 is 0. The van der Waals surface area contributed by atoms with Gasteiger partial charge in [-0.1, -0.05) is 13.8 Å². The summed E-state index contributed by atoms with van der Waals surface area (Å²) in [6.45, 7) is 6.07. The first-order chi connectivity index (χ1) is 4.54. The number of hydrogen-bond donors (Lipinski definition) is 0. The Kier molecular flexibility index (Phi) is 1.05. The van der Waals surface area contributed by atoms with E-state index in [1.54, 1.807) is 0 Å². The van der Waals surface area contributed by atoms with Crippen molar-refractivity contribution in [2.45, 2.75) is 38.6 Å². The lowest BCUT2D eigenvalue weighted by molar-refractivity contribution is 0.282. The van der Waals surface area contributed by atoms with Gasteiger partial charge in [0, 0.05) is 12.1 Å². The summed E-state index contributed by atoms with van der Waals surface area (Å²) in [5.41, 5.74) is 1.26. The quantitative estimate of drug-likeness (QED) is 0.495. The van der Waals surface area contributed by atoms with Crippen molar-refractivity contribution in [1.82, 2.24) is 4.90 Å². The molecule has 58 valence electrons. The molecule has 1 heteroatoms. The van der Waals surface area contributed by atoms with Gasteiger partial charge in [-0.05, 0) is 31.7 Å². The van der Waals surface area contributed by atoms with Crippen LogP contribution in [0.1, 0.15) is 33.1 Å². The van der Waals surface area contributed by atoms with E-state index in [1.807, 2.05) is 0 Å². The van der Waals surface area contributed by atoms with E-state index in [2.05, 4.69) is 25.8 Å². The molecule has 0 aromatic rings. The number of likely N-dealkylation sites (tertiary alicyclic amines) is 1. The molecule has 10 heavy (non-hydrogen) atoms. The van der Waals surface area contributed by atoms with E-state index in [0.717, 1.165) is 0 Å². The van der Waals surface area contributed by atoms with Crippen LogP contribution in [-0.4, -0.2) is 24.0 Å². The van der Waals surface area contributed by atoms with Crippen LogP contribution >= 0.6 is 0 Å². The second-order valence-electron chi connectivity index (χ2n) is 4.92. The maximum atomic E-state index is 2.56. The zero-order valence-electron chi connectivity index (χ0n) is 7.28. The van der Waals surface area contributed by atoms with Crippen LogP contribution in [-0.2, 0) is 0 Å². The Morgan fingerprint density at radius 2 is 1.80 bits per heavy atom. The zero-order chi connectivity index (χ0) is 7.41. The van der Waals surface area contributed by atoms with Crippen LogP contribution in [0.2, 0.25) is 0 Å². The van der Waals surface area contributed by atoms with Gasteiger partial charge in [0.15, 0.2) is 0 Å². The average Bonchev–Trinajstić information content (AvgIpc) is 2.40. The lowest BCUT2D eigenvalue weighted by atomic mass is 9.90. The van der Waals surface area contributed by atoms with Crippen molar-refractivity contribution in [3.05, 3.63) is 0 Å². The molecular formula is C9H17N. The van der Waals surface area contributed by atoms with Gasteiger partial charge in [0.25, 0.3) is 0 Å². The van der Waals surface area contributed by atoms with Crippen LogP contribution in [0.5, 0.6) is 0 Å². The average molecular weight is 139 g/mol. The molecule has 2 aliphatic rings. The summed E-state index contributed by atoms with van der Waals surface area (Å²) in [6.07, 6.45) is 4.33. The Hall–Kier alpha value is -0.0400. The predicted molar refractivity (Wildman–Crippen MR) is 43.0 cm³/mol. The molecule has 0 aromatic heterocycles. The molecule has 0 unspecified atom stereocenters. The van der Waals surface area contributed by atoms with Gasteiger partial charge in [-0.3, -0.25) is 0 Å². The summed E-state index contributed by atoms with van der Waals surface area (Å²) in [5.74, 6) is 0. The molecule has 0 radical (unpaired) electrons. The predicted octanol–water partition coefficient (Wildman–Crippen LogP) is 1.88. The molecule has 1 nitrogen and oxygen atoms in total. The Morgan fingerprint density at radius 3 is 2.00 bits per heavy atom. The minimum Gasteiger partial charge on any atom is -0.300 e. The summed E-state index contributed by atoms with van der Waals surface area (Å²) in [7, 11) is 2.28. The van der Waals surface area contributed by atoms with E-state index >= 15 is 0 Å². The van der Waals surface area contributed by atoms with E-state index in [0.29, 0.717) is 11.0 Å². The maximum absolute atomic E-state index is 2.56. The Balaban J connectivity index is 2.15. The molecule has 1 aliphatic heterocycles. The highest BCUT2D eigenvalue weighted by Gasteiger charge is 2.54. The van der Waals surface area contributed by atoms with E-state index < -0.39 is 0 Å². The molecule has 1 spiro atoms. The first kappa shape index (κ1) is 6.66. The van der Waals surface area contributed by atoms with Gasteiger partial charge in [-0.25, -0.2) is 0 Å². The summed E-state index contributed by atoms with van der Waals surface area (Å²) in [5, 5.41) is 0. The minimum absolute atomic E-state index is 0.589. The van der Waals surface area contributed by atoms with Crippen LogP contribution in [0.25, 0.3) is 0 Å². The monoisotopic (exact) mass is 139 g/mol. The van der Waals surface area contributed by atoms with Gasteiger partial charge in [-0.2, -0.15) is 0 Å². The minimum atomic E-state index is 0.589. The first-order valence-corrected chi connectivity index (χ1v) is 4.25. The summed E-state index contributed by atoms with van der Waals surface area (Å²) < 4.78 is 0. The van der Waals surface area contributed by atoms with Crippen molar-refractivity contribution in [2.75, 3.05) is 13.6 Å². The fourth-order valence-corrected chi connectivity index (χ4v) is 2.59. The van der Waals surface area contributed by atoms with E-state index in [1.165, 1.54) is 25.8 Å². The standard InChI is InChI=1S/C9H17N/c1-8(2)6-9(4-5-9)10(3)7-8/h4-7H2,1-3H3. The SMILES string of the molecule is CN1CC(C)(C)CC12CC2. The number of rotatable bonds is 0. The van der Waals surface area contributed by atoms with Crippen LogP contribution in [0.4, 0.5) is 0 Å². The van der Waals surface area contributed by atoms with Gasteiger partial charge in [0.05, 0.1) is 0 Å². The van der Waals surface area contributed by atoms with E-state index in [-0.39, 0.29) is 0 Å². The van der Waals surface area contributed by atoms with Crippen LogP contribution in [0.3, 0.4) is 0 Å². The van der Waals surface area contributed by atoms with Gasteiger partial charge >= 0.3 is 0 Å². The largest absolute Gasteiger partial charge is 0.300 e. The van der Waals surface area contributed by atoms with Crippen molar-refractivity contribution < 1.29 is 0 Å². The van der Waals surface area contributed by atoms with Gasteiger partial charge in [0.2, 0.25) is 0 Å². The topological polar surface area (TPSA) is 3.24 Å². The molecule has 0 bridgehead atoms. The van der Waals surface area contributed by atoms with Crippen LogP contribution in [0, 0.1) is 5.41 Å². The summed E-state index contributed by atoms with van der Waals surface area (Å²) in [4.78, 5) is 2.56. The number of hydrogen-bond acceptors (Lipinski definition) is 1. The molecule has 1 aliphatic carbocycles. The maximum Gasteiger partial charge on any atom is 0.0213 e. The molecule has 1 saturated carbocycles. The van der Waals surface area contributed by atoms with Crippen molar-refractivity contribution >= 4 is 0 Å². The first-order valence-electron chi connectivity index (χ1n) is 4.25. The Labute approximate surface area is 63.4 Å². The Bertz CT molecular complexity index is 156. The van der Waals surface area contributed by atoms with Crippen molar-refractivity contribution in [3.63, 3.8) is 0 Å². The molecular weight excluding hydrogens is 122 g/mol. The third-order valence-corrected chi connectivity index (χ3v) is 3.11. The highest BCUT2D eigenvalue weighted by atomic mass is 15.2. The van der Waals surface area contributed by atoms with Crippen LogP contribution < -0.4 is 0 Å². The molecule has 1 heterocycles. The second kappa shape index (κ2) is 1.58. The molecule has 1 saturated heterocycles. The van der Waals surface area contributed by atoms with E-state index in [9.17, 15) is 0 Å². The lowest BCUT2D eigenvalue weighted by Crippen LogP contribution is -2.26. The van der Waals surface area contributed by atoms with Crippen LogP contribution in [0.15, 0.2) is 0 Å². The fourth-order valence-electron chi connectivity index (χ4n) is 2.59. The third-order valence-electron chi connectivity index (χ3n) is 3.11. The molecule has 2 rings (SSSR count). The van der Waals surface area contributed by atoms with E-state index in [4.69, 9.17) is 0 Å². The second-order valence-corrected chi connectivity index (χ2v) is 4.92. The zero-order valence-corrected chi connectivity index (χ0v) is 7.28. The van der Waals surface area contributed by atoms with Crippen molar-refractivity contribution in [3.8, 4) is 0 Å². The van der Waals surface area contributed by atoms with Gasteiger partial charge in [0.1, 0.15) is 0 Å². The normalized spacial score (nSPS) is 35.1.